The summed E-state index contributed by atoms with van der Waals surface area (Å²) in [6.07, 6.45) is 3.47. The van der Waals surface area contributed by atoms with Gasteiger partial charge in [-0.25, -0.2) is 19.6 Å². The van der Waals surface area contributed by atoms with Gasteiger partial charge >= 0.3 is 11.9 Å². The van der Waals surface area contributed by atoms with Crippen LogP contribution in [-0.2, 0) is 14.3 Å². The first-order chi connectivity index (χ1) is 16.2. The van der Waals surface area contributed by atoms with Gasteiger partial charge in [0.15, 0.2) is 0 Å². The molecule has 190 valence electrons. The summed E-state index contributed by atoms with van der Waals surface area (Å²) in [4.78, 5) is 33.1. The van der Waals surface area contributed by atoms with E-state index in [0.717, 1.165) is 50.3 Å². The molecule has 0 aromatic heterocycles. The molecule has 0 amide bonds. The highest BCUT2D eigenvalue weighted by atomic mass is 16.5. The van der Waals surface area contributed by atoms with Crippen LogP contribution >= 0.6 is 0 Å². The number of benzene rings is 1. The molecule has 0 bridgehead atoms. The van der Waals surface area contributed by atoms with Crippen molar-refractivity contribution in [2.24, 2.45) is 9.98 Å². The van der Waals surface area contributed by atoms with Gasteiger partial charge in [0.2, 0.25) is 5.96 Å². The summed E-state index contributed by atoms with van der Waals surface area (Å²) in [5, 5.41) is 23.2. The lowest BCUT2D eigenvalue weighted by atomic mass is 10.3. The summed E-state index contributed by atoms with van der Waals surface area (Å²) in [7, 11) is 2.09. The number of aliphatic imine (C=N–C) groups is 2. The largest absolute Gasteiger partial charge is 0.478 e. The van der Waals surface area contributed by atoms with E-state index in [1.807, 2.05) is 30.3 Å². The van der Waals surface area contributed by atoms with Crippen LogP contribution in [0.15, 0.2) is 52.5 Å². The average molecular weight is 479 g/mol. The number of carboxylic acid groups (broad SMARTS) is 2. The lowest BCUT2D eigenvalue weighted by Gasteiger charge is -2.28. The maximum Gasteiger partial charge on any atom is 0.328 e. The molecule has 1 aliphatic heterocycles. The molecule has 1 aromatic carbocycles. The van der Waals surface area contributed by atoms with Crippen LogP contribution in [0.5, 0.6) is 0 Å². The van der Waals surface area contributed by atoms with Crippen molar-refractivity contribution in [3.05, 3.63) is 42.5 Å². The number of aliphatic hydroxyl groups excluding tert-OH is 1. The van der Waals surface area contributed by atoms with Crippen molar-refractivity contribution in [1.29, 1.82) is 0 Å². The van der Waals surface area contributed by atoms with Crippen LogP contribution in [-0.4, -0.2) is 95.4 Å². The minimum absolute atomic E-state index is 0.250. The molecule has 0 atom stereocenters. The molecule has 0 radical (unpaired) electrons. The number of nitrogens with zero attached hydrogens (tertiary/aromatic N) is 4. The Morgan fingerprint density at radius 2 is 1.62 bits per heavy atom. The first kappa shape index (κ1) is 30.8. The van der Waals surface area contributed by atoms with Crippen molar-refractivity contribution in [2.75, 3.05) is 46.5 Å². The Balaban J connectivity index is 0.000000830. The van der Waals surface area contributed by atoms with E-state index in [1.54, 1.807) is 6.92 Å². The zero-order chi connectivity index (χ0) is 25.8. The van der Waals surface area contributed by atoms with E-state index in [4.69, 9.17) is 30.0 Å². The Hall–Kier alpha value is -3.24. The Bertz CT molecular complexity index is 774. The Kier molecular flexibility index (Phi) is 17.4. The fraction of sp³-hybridized carbons (Fsp3) is 0.500. The fourth-order valence-electron chi connectivity index (χ4n) is 2.48. The normalized spacial score (nSPS) is 14.0. The molecule has 10 nitrogen and oxygen atoms in total. The van der Waals surface area contributed by atoms with Crippen LogP contribution in [0.1, 0.15) is 33.6 Å². The van der Waals surface area contributed by atoms with Gasteiger partial charge in [0.05, 0.1) is 18.9 Å². The SMILES string of the molecule is CCCCN(C)C(C)=N/C(=N/c1ccccc1)N1CCOCC1.CCO.O=C(O)C=CC(=O)O. The second kappa shape index (κ2) is 19.2. The van der Waals surface area contributed by atoms with Gasteiger partial charge in [0, 0.05) is 45.4 Å². The quantitative estimate of drug-likeness (QED) is 0.323. The molecule has 1 saturated heterocycles. The third-order valence-electron chi connectivity index (χ3n) is 4.31. The fourth-order valence-corrected chi connectivity index (χ4v) is 2.48. The lowest BCUT2D eigenvalue weighted by molar-refractivity contribution is -0.134. The number of carboxylic acids is 2. The van der Waals surface area contributed by atoms with Gasteiger partial charge in [-0.15, -0.1) is 0 Å². The zero-order valence-corrected chi connectivity index (χ0v) is 20.6. The van der Waals surface area contributed by atoms with Crippen molar-refractivity contribution in [2.45, 2.75) is 33.6 Å². The highest BCUT2D eigenvalue weighted by Gasteiger charge is 2.16. The maximum atomic E-state index is 9.55. The topological polar surface area (TPSA) is 135 Å². The minimum Gasteiger partial charge on any atom is -0.478 e. The molecule has 1 heterocycles. The third-order valence-corrected chi connectivity index (χ3v) is 4.31. The highest BCUT2D eigenvalue weighted by molar-refractivity contribution is 5.96. The van der Waals surface area contributed by atoms with E-state index < -0.39 is 11.9 Å². The van der Waals surface area contributed by atoms with Crippen molar-refractivity contribution in [3.63, 3.8) is 0 Å². The standard InChI is InChI=1S/C18H28N4O.C4H4O4.C2H6O/c1-4-5-11-21(3)16(2)19-18(22-12-14-23-15-13-22)20-17-9-7-6-8-10-17;5-3(6)1-2-4(7)8;1-2-3/h6-10H,4-5,11-15H2,1-3H3;1-2H,(H,5,6)(H,7,8);3H,2H2,1H3/b19-16?,20-18-;;. The molecule has 1 aromatic rings. The first-order valence-electron chi connectivity index (χ1n) is 11.2. The number of unbranched alkanes of at least 4 members (excludes halogenated alkanes) is 1. The second-order valence-electron chi connectivity index (χ2n) is 7.11. The molecule has 0 aliphatic carbocycles. The maximum absolute atomic E-state index is 9.55. The van der Waals surface area contributed by atoms with Gasteiger partial charge in [0.1, 0.15) is 5.84 Å². The number of aliphatic carboxylic acids is 2. The van der Waals surface area contributed by atoms with Crippen LogP contribution in [0, 0.1) is 0 Å². The van der Waals surface area contributed by atoms with Gasteiger partial charge < -0.3 is 29.9 Å². The lowest BCUT2D eigenvalue weighted by Crippen LogP contribution is -2.41. The van der Waals surface area contributed by atoms with Gasteiger partial charge in [-0.05, 0) is 32.4 Å². The average Bonchev–Trinajstić information content (AvgIpc) is 2.83. The van der Waals surface area contributed by atoms with E-state index in [-0.39, 0.29) is 6.61 Å². The zero-order valence-electron chi connectivity index (χ0n) is 20.6. The van der Waals surface area contributed by atoms with Crippen molar-refractivity contribution >= 4 is 29.4 Å². The number of carbonyl (C=O) groups is 2. The van der Waals surface area contributed by atoms with E-state index in [1.165, 1.54) is 12.8 Å². The summed E-state index contributed by atoms with van der Waals surface area (Å²) < 4.78 is 5.45. The summed E-state index contributed by atoms with van der Waals surface area (Å²) >= 11 is 0. The molecular formula is C24H38N4O6. The number of aliphatic hydroxyl groups is 1. The number of ether oxygens (including phenoxy) is 1. The van der Waals surface area contributed by atoms with Gasteiger partial charge in [-0.2, -0.15) is 0 Å². The molecule has 0 spiro atoms. The van der Waals surface area contributed by atoms with E-state index in [0.29, 0.717) is 12.2 Å². The Morgan fingerprint density at radius 1 is 1.09 bits per heavy atom. The monoisotopic (exact) mass is 478 g/mol. The van der Waals surface area contributed by atoms with Gasteiger partial charge in [-0.3, -0.25) is 0 Å². The van der Waals surface area contributed by atoms with E-state index in [9.17, 15) is 9.59 Å². The number of guanidine groups is 1. The molecule has 34 heavy (non-hydrogen) atoms. The predicted octanol–water partition coefficient (Wildman–Crippen LogP) is 2.87. The van der Waals surface area contributed by atoms with Crippen LogP contribution in [0.3, 0.4) is 0 Å². The Morgan fingerprint density at radius 3 is 2.09 bits per heavy atom. The summed E-state index contributed by atoms with van der Waals surface area (Å²) in [6.45, 7) is 10.3. The number of morpholine rings is 1. The summed E-state index contributed by atoms with van der Waals surface area (Å²) in [6, 6.07) is 10.0. The molecule has 3 N–H and O–H groups in total. The molecule has 0 unspecified atom stereocenters. The van der Waals surface area contributed by atoms with Gasteiger partial charge in [-0.1, -0.05) is 31.5 Å². The highest BCUT2D eigenvalue weighted by Crippen LogP contribution is 2.13. The van der Waals surface area contributed by atoms with Crippen LogP contribution in [0.2, 0.25) is 0 Å². The third kappa shape index (κ3) is 15.5. The summed E-state index contributed by atoms with van der Waals surface area (Å²) in [5.74, 6) is -0.736. The van der Waals surface area contributed by atoms with Crippen molar-refractivity contribution < 1.29 is 29.6 Å². The number of para-hydroxylation sites is 1. The van der Waals surface area contributed by atoms with Crippen LogP contribution in [0.4, 0.5) is 5.69 Å². The minimum atomic E-state index is -1.26. The van der Waals surface area contributed by atoms with Crippen LogP contribution < -0.4 is 0 Å². The molecule has 1 fully saturated rings. The number of amidine groups is 1. The molecular weight excluding hydrogens is 440 g/mol. The van der Waals surface area contributed by atoms with E-state index >= 15 is 0 Å². The van der Waals surface area contributed by atoms with E-state index in [2.05, 4.69) is 30.7 Å². The molecule has 10 heteroatoms. The number of hydrogen-bond acceptors (Lipinski definition) is 5. The van der Waals surface area contributed by atoms with Crippen molar-refractivity contribution in [1.82, 2.24) is 9.80 Å². The van der Waals surface area contributed by atoms with Crippen LogP contribution in [0.25, 0.3) is 0 Å². The summed E-state index contributed by atoms with van der Waals surface area (Å²) in [5.41, 5.74) is 0.932. The number of rotatable bonds is 6. The molecule has 1 aliphatic rings. The number of hydrogen-bond donors (Lipinski definition) is 3. The second-order valence-corrected chi connectivity index (χ2v) is 7.11. The molecule has 0 saturated carbocycles. The molecule has 2 rings (SSSR count). The first-order valence-corrected chi connectivity index (χ1v) is 11.2. The van der Waals surface area contributed by atoms with Crippen molar-refractivity contribution in [3.8, 4) is 0 Å². The smallest absolute Gasteiger partial charge is 0.328 e. The predicted molar refractivity (Wildman–Crippen MR) is 134 cm³/mol. The Labute approximate surface area is 201 Å². The van der Waals surface area contributed by atoms with Gasteiger partial charge in [0.25, 0.3) is 0 Å².